The van der Waals surface area contributed by atoms with Gasteiger partial charge in [-0.2, -0.15) is 0 Å². The third kappa shape index (κ3) is 4.42. The van der Waals surface area contributed by atoms with Gasteiger partial charge in [0, 0.05) is 0 Å². The Morgan fingerprint density at radius 3 is 2.08 bits per heavy atom. The molecular weight excluding hydrogens is 340 g/mol. The van der Waals surface area contributed by atoms with E-state index in [2.05, 4.69) is 0 Å². The summed E-state index contributed by atoms with van der Waals surface area (Å²) in [5, 5.41) is 10.8. The zero-order chi connectivity index (χ0) is 18.9. The molecule has 3 rings (SSSR count). The Morgan fingerprint density at radius 2 is 1.58 bits per heavy atom. The molecule has 0 unspecified atom stereocenters. The second-order valence-corrected chi connectivity index (χ2v) is 7.46. The summed E-state index contributed by atoms with van der Waals surface area (Å²) >= 11 is 0. The van der Waals surface area contributed by atoms with Crippen molar-refractivity contribution in [1.29, 1.82) is 0 Å². The van der Waals surface area contributed by atoms with Gasteiger partial charge in [-0.15, -0.1) is 0 Å². The molecular formula is C19H26O7. The zero-order valence-corrected chi connectivity index (χ0v) is 15.5. The van der Waals surface area contributed by atoms with Crippen molar-refractivity contribution in [2.45, 2.75) is 63.7 Å². The molecule has 7 heteroatoms. The van der Waals surface area contributed by atoms with Gasteiger partial charge in [-0.25, -0.2) is 4.79 Å². The van der Waals surface area contributed by atoms with Crippen LogP contribution in [0.3, 0.4) is 0 Å². The number of carbonyl (C=O) groups excluding carboxylic acids is 1. The van der Waals surface area contributed by atoms with E-state index >= 15 is 0 Å². The third-order valence-corrected chi connectivity index (χ3v) is 4.40. The minimum absolute atomic E-state index is 0.199. The van der Waals surface area contributed by atoms with Crippen molar-refractivity contribution in [3.63, 3.8) is 0 Å². The average Bonchev–Trinajstić information content (AvgIpc) is 3.14. The molecule has 2 heterocycles. The number of ether oxygens (including phenoxy) is 5. The SMILES string of the molecule is CC1(C)OC[C@H]([C@@H](O)[C@@H](OC(=O)c2ccccc2)[C@H]2COC(C)(C)O2)O1. The van der Waals surface area contributed by atoms with E-state index in [0.29, 0.717) is 5.56 Å². The van der Waals surface area contributed by atoms with Gasteiger partial charge in [-0.05, 0) is 39.8 Å². The van der Waals surface area contributed by atoms with E-state index < -0.39 is 42.0 Å². The Bertz CT molecular complexity index is 628. The lowest BCUT2D eigenvalue weighted by atomic mass is 10.0. The van der Waals surface area contributed by atoms with Gasteiger partial charge in [0.2, 0.25) is 0 Å². The van der Waals surface area contributed by atoms with Crippen LogP contribution in [-0.2, 0) is 23.7 Å². The van der Waals surface area contributed by atoms with Gasteiger partial charge in [0.1, 0.15) is 18.3 Å². The highest BCUT2D eigenvalue weighted by molar-refractivity contribution is 5.89. The summed E-state index contributed by atoms with van der Waals surface area (Å²) < 4.78 is 28.3. The van der Waals surface area contributed by atoms with E-state index in [-0.39, 0.29) is 13.2 Å². The number of rotatable bonds is 5. The molecule has 4 atom stereocenters. The highest BCUT2D eigenvalue weighted by Crippen LogP contribution is 2.31. The van der Waals surface area contributed by atoms with Crippen LogP contribution in [0.1, 0.15) is 38.1 Å². The second kappa shape index (κ2) is 7.25. The monoisotopic (exact) mass is 366 g/mol. The van der Waals surface area contributed by atoms with Crippen LogP contribution in [0, 0.1) is 0 Å². The van der Waals surface area contributed by atoms with Crippen molar-refractivity contribution < 1.29 is 33.6 Å². The van der Waals surface area contributed by atoms with E-state index in [1.807, 2.05) is 6.07 Å². The van der Waals surface area contributed by atoms with Crippen LogP contribution in [0.5, 0.6) is 0 Å². The molecule has 0 aromatic heterocycles. The minimum Gasteiger partial charge on any atom is -0.453 e. The van der Waals surface area contributed by atoms with Gasteiger partial charge in [0.15, 0.2) is 17.7 Å². The van der Waals surface area contributed by atoms with Gasteiger partial charge in [0.25, 0.3) is 0 Å². The number of aliphatic hydroxyl groups excluding tert-OH is 1. The van der Waals surface area contributed by atoms with Crippen LogP contribution in [-0.4, -0.2) is 60.3 Å². The summed E-state index contributed by atoms with van der Waals surface area (Å²) in [5.41, 5.74) is 0.395. The Kier molecular flexibility index (Phi) is 5.37. The van der Waals surface area contributed by atoms with Gasteiger partial charge in [0.05, 0.1) is 18.8 Å². The van der Waals surface area contributed by atoms with Crippen LogP contribution in [0.4, 0.5) is 0 Å². The normalized spacial score (nSPS) is 29.3. The zero-order valence-electron chi connectivity index (χ0n) is 15.5. The molecule has 0 saturated carbocycles. The van der Waals surface area contributed by atoms with Crippen molar-refractivity contribution in [1.82, 2.24) is 0 Å². The van der Waals surface area contributed by atoms with Gasteiger partial charge < -0.3 is 28.8 Å². The van der Waals surface area contributed by atoms with Crippen molar-refractivity contribution in [3.8, 4) is 0 Å². The molecule has 7 nitrogen and oxygen atoms in total. The Labute approximate surface area is 153 Å². The Balaban J connectivity index is 1.77. The maximum Gasteiger partial charge on any atom is 0.338 e. The van der Waals surface area contributed by atoms with Gasteiger partial charge in [-0.3, -0.25) is 0 Å². The molecule has 0 radical (unpaired) electrons. The van der Waals surface area contributed by atoms with E-state index in [1.54, 1.807) is 52.0 Å². The predicted octanol–water partition coefficient (Wildman–Crippen LogP) is 1.88. The molecule has 1 aromatic rings. The molecule has 1 N–H and O–H groups in total. The van der Waals surface area contributed by atoms with Crippen LogP contribution in [0.2, 0.25) is 0 Å². The average molecular weight is 366 g/mol. The smallest absolute Gasteiger partial charge is 0.338 e. The highest BCUT2D eigenvalue weighted by atomic mass is 16.8. The molecule has 2 fully saturated rings. The second-order valence-electron chi connectivity index (χ2n) is 7.46. The third-order valence-electron chi connectivity index (χ3n) is 4.40. The highest BCUT2D eigenvalue weighted by Gasteiger charge is 2.48. The van der Waals surface area contributed by atoms with E-state index in [4.69, 9.17) is 23.7 Å². The van der Waals surface area contributed by atoms with E-state index in [1.165, 1.54) is 0 Å². The summed E-state index contributed by atoms with van der Waals surface area (Å²) in [5.74, 6) is -2.15. The summed E-state index contributed by atoms with van der Waals surface area (Å²) in [6.07, 6.45) is -3.32. The Morgan fingerprint density at radius 1 is 1.04 bits per heavy atom. The van der Waals surface area contributed by atoms with Gasteiger partial charge >= 0.3 is 5.97 Å². The minimum atomic E-state index is -1.12. The Hall–Kier alpha value is -1.51. The fraction of sp³-hybridized carbons (Fsp3) is 0.632. The summed E-state index contributed by atoms with van der Waals surface area (Å²) in [4.78, 5) is 12.5. The molecule has 2 saturated heterocycles. The summed E-state index contributed by atoms with van der Waals surface area (Å²) in [7, 11) is 0. The number of esters is 1. The van der Waals surface area contributed by atoms with Gasteiger partial charge in [-0.1, -0.05) is 18.2 Å². The predicted molar refractivity (Wildman–Crippen MR) is 91.5 cm³/mol. The first-order valence-electron chi connectivity index (χ1n) is 8.74. The number of benzene rings is 1. The molecule has 1 aromatic carbocycles. The maximum absolute atomic E-state index is 12.5. The summed E-state index contributed by atoms with van der Waals surface area (Å²) in [6.45, 7) is 7.48. The number of hydrogen-bond acceptors (Lipinski definition) is 7. The number of hydrogen-bond donors (Lipinski definition) is 1. The largest absolute Gasteiger partial charge is 0.453 e. The van der Waals surface area contributed by atoms with Crippen LogP contribution >= 0.6 is 0 Å². The van der Waals surface area contributed by atoms with Crippen molar-refractivity contribution in [2.75, 3.05) is 13.2 Å². The summed E-state index contributed by atoms with van der Waals surface area (Å²) in [6, 6.07) is 8.61. The van der Waals surface area contributed by atoms with Crippen molar-refractivity contribution in [2.24, 2.45) is 0 Å². The maximum atomic E-state index is 12.5. The number of aliphatic hydroxyl groups is 1. The van der Waals surface area contributed by atoms with E-state index in [0.717, 1.165) is 0 Å². The molecule has 2 aliphatic rings. The molecule has 0 aliphatic carbocycles. The molecule has 26 heavy (non-hydrogen) atoms. The lowest BCUT2D eigenvalue weighted by Gasteiger charge is -2.31. The molecule has 0 spiro atoms. The fourth-order valence-corrected chi connectivity index (χ4v) is 3.10. The first-order valence-corrected chi connectivity index (χ1v) is 8.74. The van der Waals surface area contributed by atoms with Crippen LogP contribution in [0.15, 0.2) is 30.3 Å². The van der Waals surface area contributed by atoms with E-state index in [9.17, 15) is 9.90 Å². The molecule has 0 amide bonds. The van der Waals surface area contributed by atoms with Crippen molar-refractivity contribution >= 4 is 5.97 Å². The first-order chi connectivity index (χ1) is 12.2. The molecule has 2 aliphatic heterocycles. The fourth-order valence-electron chi connectivity index (χ4n) is 3.10. The molecule has 0 bridgehead atoms. The molecule has 144 valence electrons. The number of carbonyl (C=O) groups is 1. The quantitative estimate of drug-likeness (QED) is 0.797. The van der Waals surface area contributed by atoms with Crippen LogP contribution < -0.4 is 0 Å². The lowest BCUT2D eigenvalue weighted by Crippen LogP contribution is -2.49. The lowest BCUT2D eigenvalue weighted by molar-refractivity contribution is -0.184. The van der Waals surface area contributed by atoms with Crippen molar-refractivity contribution in [3.05, 3.63) is 35.9 Å². The topological polar surface area (TPSA) is 83.5 Å². The standard InChI is InChI=1S/C19H26O7/c1-18(2)22-10-13(25-18)15(20)16(14-11-23-19(3,4)26-14)24-17(21)12-8-6-5-7-9-12/h5-9,13-16,20H,10-11H2,1-4H3/t13-,14-,15-,16+/m1/s1. The van der Waals surface area contributed by atoms with Crippen LogP contribution in [0.25, 0.3) is 0 Å². The first kappa shape index (κ1) is 19.3.